The Morgan fingerprint density at radius 2 is 1.97 bits per heavy atom. The highest BCUT2D eigenvalue weighted by atomic mass is 19.4. The Kier molecular flexibility index (Phi) is 6.45. The minimum Gasteiger partial charge on any atom is -0.490 e. The molecule has 3 N–H and O–H groups in total. The van der Waals surface area contributed by atoms with Crippen LogP contribution in [0.4, 0.5) is 19.0 Å². The van der Waals surface area contributed by atoms with Crippen LogP contribution in [0.15, 0.2) is 42.6 Å². The number of nitrogens with one attached hydrogen (secondary N) is 1. The minimum absolute atomic E-state index is 0.0823. The molecule has 2 aromatic carbocycles. The van der Waals surface area contributed by atoms with E-state index < -0.39 is 17.9 Å². The van der Waals surface area contributed by atoms with Crippen molar-refractivity contribution >= 4 is 16.6 Å². The van der Waals surface area contributed by atoms with Crippen molar-refractivity contribution in [3.63, 3.8) is 0 Å². The molecule has 4 rings (SSSR count). The summed E-state index contributed by atoms with van der Waals surface area (Å²) in [5.74, 6) is 1.10. The third-order valence-electron chi connectivity index (χ3n) is 6.33. The van der Waals surface area contributed by atoms with Gasteiger partial charge in [0.05, 0.1) is 11.8 Å². The molecule has 0 aliphatic heterocycles. The molecule has 1 unspecified atom stereocenters. The molecule has 1 heterocycles. The molecule has 3 atom stereocenters. The van der Waals surface area contributed by atoms with Crippen molar-refractivity contribution in [1.82, 2.24) is 15.1 Å². The predicted octanol–water partition coefficient (Wildman–Crippen LogP) is 4.89. The molecule has 0 bridgehead atoms. The van der Waals surface area contributed by atoms with E-state index in [-0.39, 0.29) is 11.7 Å². The van der Waals surface area contributed by atoms with Gasteiger partial charge in [0.2, 0.25) is 0 Å². The number of rotatable bonds is 6. The molecule has 1 aliphatic rings. The summed E-state index contributed by atoms with van der Waals surface area (Å²) in [4.78, 5) is 2.22. The Hall–Kier alpha value is -2.91. The molecule has 176 valence electrons. The number of hydrogen-bond acceptors (Lipinski definition) is 6. The number of halogens is 3. The van der Waals surface area contributed by atoms with Crippen molar-refractivity contribution in [1.29, 1.82) is 0 Å². The summed E-state index contributed by atoms with van der Waals surface area (Å²) >= 11 is 0. The van der Waals surface area contributed by atoms with E-state index in [1.54, 1.807) is 12.3 Å². The predicted molar refractivity (Wildman–Crippen MR) is 122 cm³/mol. The molecular weight excluding hydrogens is 431 g/mol. The van der Waals surface area contributed by atoms with E-state index in [1.165, 1.54) is 13.0 Å². The molecule has 0 amide bonds. The van der Waals surface area contributed by atoms with Crippen molar-refractivity contribution in [3.05, 3.63) is 59.3 Å². The highest BCUT2D eigenvalue weighted by molar-refractivity contribution is 5.92. The van der Waals surface area contributed by atoms with Crippen molar-refractivity contribution < 1.29 is 17.9 Å². The maximum absolute atomic E-state index is 13.3. The van der Waals surface area contributed by atoms with Gasteiger partial charge in [-0.1, -0.05) is 12.1 Å². The van der Waals surface area contributed by atoms with Gasteiger partial charge >= 0.3 is 6.18 Å². The molecule has 1 fully saturated rings. The smallest absolute Gasteiger partial charge is 0.416 e. The Labute approximate surface area is 190 Å². The summed E-state index contributed by atoms with van der Waals surface area (Å²) in [5, 5.41) is 12.8. The SMILES string of the molecule is Cc1c([C@@H](N)Nc2nncc3ccc(O[C@H]4CCC(N(C)C)C4)cc23)cccc1C(F)(F)F. The number of alkyl halides is 3. The van der Waals surface area contributed by atoms with Gasteiger partial charge < -0.3 is 20.7 Å². The maximum atomic E-state index is 13.3. The van der Waals surface area contributed by atoms with Gasteiger partial charge in [-0.2, -0.15) is 18.3 Å². The van der Waals surface area contributed by atoms with Crippen molar-refractivity contribution in [2.75, 3.05) is 19.4 Å². The van der Waals surface area contributed by atoms with E-state index >= 15 is 0 Å². The van der Waals surface area contributed by atoms with Crippen LogP contribution < -0.4 is 15.8 Å². The van der Waals surface area contributed by atoms with Gasteiger partial charge in [0, 0.05) is 16.8 Å². The molecule has 3 aromatic rings. The minimum atomic E-state index is -4.45. The summed E-state index contributed by atoms with van der Waals surface area (Å²) in [7, 11) is 4.16. The number of anilines is 1. The molecule has 1 aromatic heterocycles. The first-order valence-electron chi connectivity index (χ1n) is 10.9. The lowest BCUT2D eigenvalue weighted by atomic mass is 10.00. The second kappa shape index (κ2) is 9.15. The van der Waals surface area contributed by atoms with Gasteiger partial charge in [-0.05, 0) is 75.7 Å². The van der Waals surface area contributed by atoms with Crippen molar-refractivity contribution in [2.45, 2.75) is 50.7 Å². The van der Waals surface area contributed by atoms with Crippen molar-refractivity contribution in [3.8, 4) is 5.75 Å². The third kappa shape index (κ3) is 5.04. The summed E-state index contributed by atoms with van der Waals surface area (Å²) in [6.07, 6.45) is -0.539. The number of aromatic nitrogens is 2. The lowest BCUT2D eigenvalue weighted by molar-refractivity contribution is -0.138. The Balaban J connectivity index is 1.58. The first-order valence-corrected chi connectivity index (χ1v) is 10.9. The molecular formula is C24H28F3N5O. The maximum Gasteiger partial charge on any atom is 0.416 e. The largest absolute Gasteiger partial charge is 0.490 e. The number of ether oxygens (including phenoxy) is 1. The molecule has 6 nitrogen and oxygen atoms in total. The fraction of sp³-hybridized carbons (Fsp3) is 0.417. The zero-order valence-electron chi connectivity index (χ0n) is 18.9. The number of benzene rings is 2. The Bertz CT molecular complexity index is 1130. The quantitative estimate of drug-likeness (QED) is 0.512. The van der Waals surface area contributed by atoms with Gasteiger partial charge in [-0.3, -0.25) is 0 Å². The number of nitrogens with two attached hydrogens (primary N) is 1. The van der Waals surface area contributed by atoms with Crippen LogP contribution in [0.1, 0.15) is 42.1 Å². The van der Waals surface area contributed by atoms with Crippen LogP contribution in [0.2, 0.25) is 0 Å². The van der Waals surface area contributed by atoms with E-state index in [0.29, 0.717) is 23.2 Å². The summed E-state index contributed by atoms with van der Waals surface area (Å²) < 4.78 is 46.1. The number of hydrogen-bond donors (Lipinski definition) is 2. The van der Waals surface area contributed by atoms with Crippen LogP contribution in [0.25, 0.3) is 10.8 Å². The van der Waals surface area contributed by atoms with Gasteiger partial charge in [0.1, 0.15) is 18.0 Å². The Morgan fingerprint density at radius 3 is 2.67 bits per heavy atom. The normalized spacial score (nSPS) is 19.8. The highest BCUT2D eigenvalue weighted by Gasteiger charge is 2.33. The van der Waals surface area contributed by atoms with Gasteiger partial charge in [-0.15, -0.1) is 5.10 Å². The van der Waals surface area contributed by atoms with E-state index in [0.717, 1.165) is 36.1 Å². The first kappa shape index (κ1) is 23.3. The number of nitrogens with zero attached hydrogens (tertiary/aromatic N) is 3. The molecule has 9 heteroatoms. The van der Waals surface area contributed by atoms with Crippen LogP contribution in [-0.2, 0) is 6.18 Å². The standard InChI is InChI=1S/C24H28F3N5O/c1-14-19(5-4-6-21(14)24(25,26)27)22(28)30-23-20-12-18(9-7-15(20)13-29-31-23)33-17-10-8-16(11-17)32(2)3/h4-7,9,12-13,16-17,22H,8,10-11,28H2,1-3H3,(H,30,31)/t16?,17-,22-/m0/s1. The average Bonchev–Trinajstić information content (AvgIpc) is 3.22. The van der Waals surface area contributed by atoms with Crippen LogP contribution in [-0.4, -0.2) is 41.3 Å². The van der Waals surface area contributed by atoms with Crippen molar-refractivity contribution in [2.24, 2.45) is 5.73 Å². The fourth-order valence-electron chi connectivity index (χ4n) is 4.44. The summed E-state index contributed by atoms with van der Waals surface area (Å²) in [6.45, 7) is 1.42. The zero-order valence-corrected chi connectivity index (χ0v) is 18.9. The topological polar surface area (TPSA) is 76.3 Å². The average molecular weight is 460 g/mol. The number of fused-ring (bicyclic) bond motifs is 1. The molecule has 0 spiro atoms. The summed E-state index contributed by atoms with van der Waals surface area (Å²) in [6, 6.07) is 10.2. The zero-order chi connectivity index (χ0) is 23.8. The second-order valence-electron chi connectivity index (χ2n) is 8.75. The summed E-state index contributed by atoms with van der Waals surface area (Å²) in [5.41, 5.74) is 5.98. The lowest BCUT2D eigenvalue weighted by Gasteiger charge is -2.21. The van der Waals surface area contributed by atoms with Gasteiger partial charge in [-0.25, -0.2) is 0 Å². The second-order valence-corrected chi connectivity index (χ2v) is 8.75. The molecule has 33 heavy (non-hydrogen) atoms. The van der Waals surface area contributed by atoms with E-state index in [2.05, 4.69) is 34.5 Å². The van der Waals surface area contributed by atoms with E-state index in [9.17, 15) is 13.2 Å². The fourth-order valence-corrected chi connectivity index (χ4v) is 4.44. The lowest BCUT2D eigenvalue weighted by Crippen LogP contribution is -2.26. The molecule has 0 saturated heterocycles. The van der Waals surface area contributed by atoms with Crippen LogP contribution in [0.3, 0.4) is 0 Å². The molecule has 1 aliphatic carbocycles. The highest BCUT2D eigenvalue weighted by Crippen LogP contribution is 2.35. The van der Waals surface area contributed by atoms with Crippen LogP contribution in [0.5, 0.6) is 5.75 Å². The molecule has 1 saturated carbocycles. The van der Waals surface area contributed by atoms with Gasteiger partial charge in [0.15, 0.2) is 5.82 Å². The monoisotopic (exact) mass is 459 g/mol. The first-order chi connectivity index (χ1) is 15.6. The third-order valence-corrected chi connectivity index (χ3v) is 6.33. The van der Waals surface area contributed by atoms with Gasteiger partial charge in [0.25, 0.3) is 0 Å². The van der Waals surface area contributed by atoms with E-state index in [1.807, 2.05) is 18.2 Å². The molecule has 0 radical (unpaired) electrons. The Morgan fingerprint density at radius 1 is 1.18 bits per heavy atom. The van der Waals surface area contributed by atoms with E-state index in [4.69, 9.17) is 10.5 Å². The van der Waals surface area contributed by atoms with Crippen LogP contribution in [0, 0.1) is 6.92 Å². The van der Waals surface area contributed by atoms with Crippen LogP contribution >= 0.6 is 0 Å².